The zero-order valence-electron chi connectivity index (χ0n) is 12.4. The molecule has 0 fully saturated rings. The van der Waals surface area contributed by atoms with Gasteiger partial charge in [-0.2, -0.15) is 0 Å². The maximum Gasteiger partial charge on any atom is 0.251 e. The van der Waals surface area contributed by atoms with Crippen molar-refractivity contribution in [2.75, 3.05) is 12.8 Å². The summed E-state index contributed by atoms with van der Waals surface area (Å²) in [6.07, 6.45) is 2.59. The highest BCUT2D eigenvalue weighted by atomic mass is 32.2. The van der Waals surface area contributed by atoms with Crippen LogP contribution < -0.4 is 5.32 Å². The van der Waals surface area contributed by atoms with Crippen molar-refractivity contribution in [2.24, 2.45) is 5.92 Å². The normalized spacial score (nSPS) is 15.5. The Morgan fingerprint density at radius 1 is 1.55 bits per heavy atom. The first-order valence-electron chi connectivity index (χ1n) is 6.66. The van der Waals surface area contributed by atoms with Gasteiger partial charge >= 0.3 is 0 Å². The molecule has 0 heterocycles. The van der Waals surface area contributed by atoms with E-state index in [1.54, 1.807) is 13.2 Å². The van der Waals surface area contributed by atoms with Crippen LogP contribution in [-0.2, 0) is 0 Å². The molecule has 112 valence electrons. The fraction of sp³-hybridized carbons (Fsp3) is 0.533. The zero-order chi connectivity index (χ0) is 15.3. The van der Waals surface area contributed by atoms with Crippen molar-refractivity contribution < 1.29 is 14.3 Å². The van der Waals surface area contributed by atoms with Crippen molar-refractivity contribution in [3.63, 3.8) is 0 Å². The molecule has 0 aliphatic heterocycles. The molecule has 1 aromatic rings. The van der Waals surface area contributed by atoms with Gasteiger partial charge in [0, 0.05) is 17.0 Å². The van der Waals surface area contributed by atoms with E-state index in [0.717, 1.165) is 6.42 Å². The van der Waals surface area contributed by atoms with Gasteiger partial charge in [-0.15, -0.1) is 11.8 Å². The van der Waals surface area contributed by atoms with Crippen molar-refractivity contribution in [1.29, 1.82) is 0 Å². The van der Waals surface area contributed by atoms with Gasteiger partial charge in [-0.05, 0) is 37.3 Å². The van der Waals surface area contributed by atoms with E-state index in [1.165, 1.54) is 30.0 Å². The predicted molar refractivity (Wildman–Crippen MR) is 80.6 cm³/mol. The average molecular weight is 299 g/mol. The molecule has 0 aromatic heterocycles. The zero-order valence-corrected chi connectivity index (χ0v) is 13.2. The molecule has 2 unspecified atom stereocenters. The summed E-state index contributed by atoms with van der Waals surface area (Å²) in [4.78, 5) is 12.5. The molecule has 2 N–H and O–H groups in total. The fourth-order valence-corrected chi connectivity index (χ4v) is 2.28. The Bertz CT molecular complexity index is 477. The number of hydrogen-bond acceptors (Lipinski definition) is 3. The SMILES string of the molecule is CCC(C)C(C)(O)CNC(=O)c1ccc(F)c(SC)c1. The van der Waals surface area contributed by atoms with Crippen LogP contribution in [-0.4, -0.2) is 29.4 Å². The number of benzene rings is 1. The van der Waals surface area contributed by atoms with Gasteiger partial charge in [0.05, 0.1) is 5.60 Å². The molecule has 2 atom stereocenters. The highest BCUT2D eigenvalue weighted by Crippen LogP contribution is 2.21. The number of rotatable bonds is 6. The maximum absolute atomic E-state index is 13.4. The van der Waals surface area contributed by atoms with Gasteiger partial charge in [-0.1, -0.05) is 20.3 Å². The molecule has 1 amide bonds. The van der Waals surface area contributed by atoms with E-state index in [0.29, 0.717) is 10.5 Å². The third-order valence-electron chi connectivity index (χ3n) is 3.69. The quantitative estimate of drug-likeness (QED) is 0.794. The molecule has 20 heavy (non-hydrogen) atoms. The van der Waals surface area contributed by atoms with E-state index >= 15 is 0 Å². The van der Waals surface area contributed by atoms with Crippen molar-refractivity contribution in [2.45, 2.75) is 37.7 Å². The van der Waals surface area contributed by atoms with E-state index in [1.807, 2.05) is 13.8 Å². The van der Waals surface area contributed by atoms with Crippen molar-refractivity contribution in [1.82, 2.24) is 5.32 Å². The number of nitrogens with one attached hydrogen (secondary N) is 1. The van der Waals surface area contributed by atoms with E-state index in [2.05, 4.69) is 5.32 Å². The highest BCUT2D eigenvalue weighted by molar-refractivity contribution is 7.98. The van der Waals surface area contributed by atoms with Crippen molar-refractivity contribution >= 4 is 17.7 Å². The van der Waals surface area contributed by atoms with Crippen molar-refractivity contribution in [3.05, 3.63) is 29.6 Å². The number of carbonyl (C=O) groups excluding carboxylic acids is 1. The summed E-state index contributed by atoms with van der Waals surface area (Å²) in [5.41, 5.74) is -0.553. The smallest absolute Gasteiger partial charge is 0.251 e. The second-order valence-electron chi connectivity index (χ2n) is 5.20. The number of hydrogen-bond donors (Lipinski definition) is 2. The molecule has 5 heteroatoms. The van der Waals surface area contributed by atoms with Crippen LogP contribution in [0, 0.1) is 11.7 Å². The van der Waals surface area contributed by atoms with Crippen LogP contribution in [0.25, 0.3) is 0 Å². The standard InChI is InChI=1S/C15H22FNO2S/c1-5-10(2)15(3,19)9-17-14(18)11-6-7-12(16)13(8-11)20-4/h6-8,10,19H,5,9H2,1-4H3,(H,17,18). The molecule has 1 rings (SSSR count). The lowest BCUT2D eigenvalue weighted by Gasteiger charge is -2.29. The summed E-state index contributed by atoms with van der Waals surface area (Å²) in [5.74, 6) is -0.553. The molecular weight excluding hydrogens is 277 g/mol. The molecule has 1 aromatic carbocycles. The van der Waals surface area contributed by atoms with Gasteiger partial charge in [-0.25, -0.2) is 4.39 Å². The minimum Gasteiger partial charge on any atom is -0.388 e. The summed E-state index contributed by atoms with van der Waals surface area (Å²) >= 11 is 1.25. The van der Waals surface area contributed by atoms with Crippen LogP contribution in [0.4, 0.5) is 4.39 Å². The Morgan fingerprint density at radius 2 is 2.20 bits per heavy atom. The summed E-state index contributed by atoms with van der Waals surface area (Å²) in [6.45, 7) is 5.81. The third kappa shape index (κ3) is 4.21. The second kappa shape index (κ2) is 7.09. The molecule has 0 saturated carbocycles. The number of halogens is 1. The number of carbonyl (C=O) groups is 1. The van der Waals surface area contributed by atoms with Gasteiger partial charge < -0.3 is 10.4 Å². The number of amides is 1. The maximum atomic E-state index is 13.4. The van der Waals surface area contributed by atoms with Gasteiger partial charge in [0.25, 0.3) is 5.91 Å². The minimum atomic E-state index is -0.952. The lowest BCUT2D eigenvalue weighted by Crippen LogP contribution is -2.45. The molecule has 0 bridgehead atoms. The Hall–Kier alpha value is -1.07. The summed E-state index contributed by atoms with van der Waals surface area (Å²) < 4.78 is 13.4. The van der Waals surface area contributed by atoms with Crippen LogP contribution in [0.3, 0.4) is 0 Å². The molecule has 0 saturated heterocycles. The lowest BCUT2D eigenvalue weighted by atomic mass is 9.88. The topological polar surface area (TPSA) is 49.3 Å². The van der Waals surface area contributed by atoms with Crippen LogP contribution in [0.5, 0.6) is 0 Å². The summed E-state index contributed by atoms with van der Waals surface area (Å²) in [5, 5.41) is 12.9. The Balaban J connectivity index is 2.72. The molecular formula is C15H22FNO2S. The van der Waals surface area contributed by atoms with E-state index in [9.17, 15) is 14.3 Å². The predicted octanol–water partition coefficient (Wildman–Crippen LogP) is 3.07. The minimum absolute atomic E-state index is 0.0813. The van der Waals surface area contributed by atoms with Gasteiger partial charge in [-0.3, -0.25) is 4.79 Å². The van der Waals surface area contributed by atoms with Crippen LogP contribution in [0.2, 0.25) is 0 Å². The van der Waals surface area contributed by atoms with E-state index in [4.69, 9.17) is 0 Å². The summed E-state index contributed by atoms with van der Waals surface area (Å²) in [6, 6.07) is 4.25. The van der Waals surface area contributed by atoms with Gasteiger partial charge in [0.15, 0.2) is 0 Å². The van der Waals surface area contributed by atoms with Crippen molar-refractivity contribution in [3.8, 4) is 0 Å². The molecule has 0 aliphatic carbocycles. The van der Waals surface area contributed by atoms with E-state index < -0.39 is 5.60 Å². The first-order valence-corrected chi connectivity index (χ1v) is 7.88. The fourth-order valence-electron chi connectivity index (χ4n) is 1.78. The first kappa shape index (κ1) is 17.0. The molecule has 0 spiro atoms. The molecule has 0 radical (unpaired) electrons. The van der Waals surface area contributed by atoms with E-state index in [-0.39, 0.29) is 24.2 Å². The van der Waals surface area contributed by atoms with Crippen LogP contribution in [0.15, 0.2) is 23.1 Å². The third-order valence-corrected chi connectivity index (χ3v) is 4.45. The van der Waals surface area contributed by atoms with Crippen LogP contribution >= 0.6 is 11.8 Å². The lowest BCUT2D eigenvalue weighted by molar-refractivity contribution is 0.00592. The Kier molecular flexibility index (Phi) is 6.02. The van der Waals surface area contributed by atoms with Gasteiger partial charge in [0.2, 0.25) is 0 Å². The molecule has 3 nitrogen and oxygen atoms in total. The highest BCUT2D eigenvalue weighted by Gasteiger charge is 2.27. The molecule has 0 aliphatic rings. The van der Waals surface area contributed by atoms with Crippen LogP contribution in [0.1, 0.15) is 37.6 Å². The largest absolute Gasteiger partial charge is 0.388 e. The number of thioether (sulfide) groups is 1. The summed E-state index contributed by atoms with van der Waals surface area (Å²) in [7, 11) is 0. The number of aliphatic hydroxyl groups is 1. The average Bonchev–Trinajstić information content (AvgIpc) is 2.44. The Morgan fingerprint density at radius 3 is 2.75 bits per heavy atom. The monoisotopic (exact) mass is 299 g/mol. The second-order valence-corrected chi connectivity index (χ2v) is 6.05. The Labute approximate surface area is 124 Å². The first-order chi connectivity index (χ1) is 9.31. The van der Waals surface area contributed by atoms with Gasteiger partial charge in [0.1, 0.15) is 5.82 Å².